The van der Waals surface area contributed by atoms with E-state index in [-0.39, 0.29) is 10.6 Å². The number of aliphatic hydroxyl groups is 4. The van der Waals surface area contributed by atoms with Crippen LogP contribution in [-0.4, -0.2) is 66.4 Å². The second-order valence-electron chi connectivity index (χ2n) is 12.3. The maximum Gasteiger partial charge on any atom is 0.497 e. The Morgan fingerprint density at radius 3 is 1.09 bits per heavy atom. The fourth-order valence-electron chi connectivity index (χ4n) is 5.10. The van der Waals surface area contributed by atoms with Gasteiger partial charge in [-0.25, -0.2) is 0 Å². The Labute approximate surface area is 278 Å². The van der Waals surface area contributed by atoms with Crippen molar-refractivity contribution < 1.29 is 44.3 Å². The summed E-state index contributed by atoms with van der Waals surface area (Å²) in [6, 6.07) is 14.2. The molecule has 0 aliphatic rings. The first kappa shape index (κ1) is 43.0. The fourth-order valence-corrected chi connectivity index (χ4v) is 8.76. The Kier molecular flexibility index (Phi) is 22.5. The minimum absolute atomic E-state index is 0.276. The van der Waals surface area contributed by atoms with Gasteiger partial charge in [0.1, 0.15) is 0 Å². The average molecular weight is 689 g/mol. The van der Waals surface area contributed by atoms with Crippen LogP contribution in [0, 0.1) is 5.41 Å². The van der Waals surface area contributed by atoms with Gasteiger partial charge in [-0.05, 0) is 37.8 Å². The van der Waals surface area contributed by atoms with Crippen LogP contribution in [0.5, 0.6) is 0 Å². The minimum atomic E-state index is -4.21. The smallest absolute Gasteiger partial charge is 0.396 e. The summed E-state index contributed by atoms with van der Waals surface area (Å²) in [6.07, 6.45) is 17.8. The highest BCUT2D eigenvalue weighted by molar-refractivity contribution is 7.80. The van der Waals surface area contributed by atoms with Crippen LogP contribution in [0.3, 0.4) is 0 Å². The SMILES string of the molecule is CCCCCCCCCc1ccccc1[P+](O)(O)O[P+](O)(O)c1ccccc1CCCCCCCCC.OCC(CO)(CO)CO. The third kappa shape index (κ3) is 15.9. The topological polar surface area (TPSA) is 171 Å². The van der Waals surface area contributed by atoms with Crippen molar-refractivity contribution >= 4 is 26.5 Å². The van der Waals surface area contributed by atoms with E-state index in [2.05, 4.69) is 13.8 Å². The molecule has 8 N–H and O–H groups in total. The molecule has 0 bridgehead atoms. The van der Waals surface area contributed by atoms with Crippen LogP contribution in [0.15, 0.2) is 48.5 Å². The molecular weight excluding hydrogens is 626 g/mol. The summed E-state index contributed by atoms with van der Waals surface area (Å²) in [6.45, 7) is 2.80. The maximum absolute atomic E-state index is 11.0. The van der Waals surface area contributed by atoms with Gasteiger partial charge in [-0.2, -0.15) is 19.6 Å². The summed E-state index contributed by atoms with van der Waals surface area (Å²) in [5, 5.41) is 34.5. The molecule has 46 heavy (non-hydrogen) atoms. The van der Waals surface area contributed by atoms with E-state index in [0.29, 0.717) is 12.8 Å². The second-order valence-corrected chi connectivity index (χ2v) is 16.1. The van der Waals surface area contributed by atoms with E-state index in [4.69, 9.17) is 24.7 Å². The first-order chi connectivity index (χ1) is 22.1. The molecule has 0 atom stereocenters. The molecule has 0 spiro atoms. The van der Waals surface area contributed by atoms with Crippen molar-refractivity contribution in [1.82, 2.24) is 0 Å². The molecule has 0 saturated carbocycles. The van der Waals surface area contributed by atoms with E-state index in [1.165, 1.54) is 64.2 Å². The van der Waals surface area contributed by atoms with Crippen molar-refractivity contribution in [3.8, 4) is 0 Å². The van der Waals surface area contributed by atoms with Crippen LogP contribution in [-0.2, 0) is 17.2 Å². The average Bonchev–Trinajstić information content (AvgIpc) is 3.05. The zero-order valence-corrected chi connectivity index (χ0v) is 29.9. The van der Waals surface area contributed by atoms with Crippen molar-refractivity contribution in [2.24, 2.45) is 5.41 Å². The Bertz CT molecular complexity index is 959. The van der Waals surface area contributed by atoms with Gasteiger partial charge in [-0.1, -0.05) is 127 Å². The number of unbranched alkanes of at least 4 members (excludes halogenated alkanes) is 12. The summed E-state index contributed by atoms with van der Waals surface area (Å²) >= 11 is 0. The Balaban J connectivity index is 0.00000102. The van der Waals surface area contributed by atoms with E-state index < -0.39 is 47.7 Å². The number of benzene rings is 2. The van der Waals surface area contributed by atoms with Gasteiger partial charge < -0.3 is 20.4 Å². The monoisotopic (exact) mass is 688 g/mol. The zero-order chi connectivity index (χ0) is 34.3. The largest absolute Gasteiger partial charge is 0.497 e. The Morgan fingerprint density at radius 1 is 0.478 bits per heavy atom. The van der Waals surface area contributed by atoms with Gasteiger partial charge in [0, 0.05) is 15.4 Å². The molecule has 11 heteroatoms. The highest BCUT2D eigenvalue weighted by atomic mass is 31.3. The Hall–Kier alpha value is -1.06. The van der Waals surface area contributed by atoms with Gasteiger partial charge in [-0.3, -0.25) is 0 Å². The number of hydrogen-bond acceptors (Lipinski definition) is 9. The second kappa shape index (κ2) is 24.1. The third-order valence-corrected chi connectivity index (χ3v) is 12.2. The van der Waals surface area contributed by atoms with Crippen LogP contribution in [0.2, 0.25) is 0 Å². The van der Waals surface area contributed by atoms with E-state index in [9.17, 15) is 19.6 Å². The third-order valence-electron chi connectivity index (χ3n) is 8.28. The first-order valence-electron chi connectivity index (χ1n) is 17.1. The normalized spacial score (nSPS) is 12.2. The van der Waals surface area contributed by atoms with Gasteiger partial charge in [-0.15, -0.1) is 0 Å². The number of rotatable bonds is 24. The molecule has 264 valence electrons. The van der Waals surface area contributed by atoms with Crippen molar-refractivity contribution in [2.75, 3.05) is 26.4 Å². The summed E-state index contributed by atoms with van der Waals surface area (Å²) in [7, 11) is -8.42. The van der Waals surface area contributed by atoms with Gasteiger partial charge >= 0.3 is 15.9 Å². The van der Waals surface area contributed by atoms with Gasteiger partial charge in [0.15, 0.2) is 10.6 Å². The summed E-state index contributed by atoms with van der Waals surface area (Å²) in [4.78, 5) is 44.1. The molecule has 0 aromatic heterocycles. The molecule has 0 aliphatic heterocycles. The molecule has 0 heterocycles. The van der Waals surface area contributed by atoms with Crippen LogP contribution in [0.4, 0.5) is 0 Å². The first-order valence-corrected chi connectivity index (χ1v) is 20.3. The summed E-state index contributed by atoms with van der Waals surface area (Å²) < 4.78 is 5.47. The molecule has 2 rings (SSSR count). The Morgan fingerprint density at radius 2 is 0.783 bits per heavy atom. The molecule has 0 amide bonds. The van der Waals surface area contributed by atoms with Crippen molar-refractivity contribution in [3.63, 3.8) is 0 Å². The van der Waals surface area contributed by atoms with Crippen LogP contribution >= 0.6 is 15.9 Å². The lowest BCUT2D eigenvalue weighted by Crippen LogP contribution is -2.37. The molecule has 9 nitrogen and oxygen atoms in total. The zero-order valence-electron chi connectivity index (χ0n) is 28.1. The highest BCUT2D eigenvalue weighted by Gasteiger charge is 2.59. The predicted molar refractivity (Wildman–Crippen MR) is 190 cm³/mol. The lowest BCUT2D eigenvalue weighted by molar-refractivity contribution is -0.0328. The molecule has 0 radical (unpaired) electrons. The van der Waals surface area contributed by atoms with E-state index in [1.54, 1.807) is 24.3 Å². The number of aryl methyl sites for hydroxylation is 2. The lowest BCUT2D eigenvalue weighted by atomic mass is 9.93. The van der Waals surface area contributed by atoms with Crippen LogP contribution in [0.25, 0.3) is 0 Å². The van der Waals surface area contributed by atoms with Crippen LogP contribution < -0.4 is 10.6 Å². The molecule has 2 aromatic rings. The predicted octanol–water partition coefficient (Wildman–Crippen LogP) is 5.68. The van der Waals surface area contributed by atoms with Gasteiger partial charge in [0.05, 0.1) is 31.8 Å². The molecule has 2 aromatic carbocycles. The number of hydrogen-bond donors (Lipinski definition) is 8. The van der Waals surface area contributed by atoms with Crippen LogP contribution in [0.1, 0.15) is 115 Å². The van der Waals surface area contributed by atoms with Crippen molar-refractivity contribution in [3.05, 3.63) is 59.7 Å². The minimum Gasteiger partial charge on any atom is -0.396 e. The lowest BCUT2D eigenvalue weighted by Gasteiger charge is -2.23. The molecule has 0 aliphatic carbocycles. The molecular formula is C35H62O9P2+2. The quantitative estimate of drug-likeness (QED) is 0.0511. The standard InChI is InChI=1S/C30H50O5P2.C5H12O4/c1-3-5-7-9-11-13-15-21-27-23-17-19-25-29(27)36(31,32)35-37(33,34)30-26-20-18-24-28(30)22-16-14-12-10-8-6-4-2;6-1-5(2-7,3-8)4-9/h17-20,23-26,31-34H,3-16,21-22H2,1-2H3;6-9H,1-4H2/q+2;. The molecule has 0 unspecified atom stereocenters. The van der Waals surface area contributed by atoms with E-state index >= 15 is 0 Å². The van der Waals surface area contributed by atoms with E-state index in [0.717, 1.165) is 36.8 Å². The highest BCUT2D eigenvalue weighted by Crippen LogP contribution is 2.67. The number of aliphatic hydroxyl groups excluding tert-OH is 4. The van der Waals surface area contributed by atoms with E-state index in [1.807, 2.05) is 24.3 Å². The molecule has 0 fully saturated rings. The molecule has 0 saturated heterocycles. The summed E-state index contributed by atoms with van der Waals surface area (Å²) in [5.74, 6) is 0. The maximum atomic E-state index is 11.0. The van der Waals surface area contributed by atoms with Gasteiger partial charge in [0.2, 0.25) is 0 Å². The van der Waals surface area contributed by atoms with Crippen molar-refractivity contribution in [1.29, 1.82) is 0 Å². The van der Waals surface area contributed by atoms with Gasteiger partial charge in [0.25, 0.3) is 0 Å². The summed E-state index contributed by atoms with van der Waals surface area (Å²) in [5.41, 5.74) is 0.483. The fraction of sp³-hybridized carbons (Fsp3) is 0.657. The van der Waals surface area contributed by atoms with Crippen molar-refractivity contribution in [2.45, 2.75) is 117 Å².